The molecule has 2 aromatic carbocycles. The van der Waals surface area contributed by atoms with E-state index in [4.69, 9.17) is 0 Å². The van der Waals surface area contributed by atoms with Gasteiger partial charge in [-0.2, -0.15) is 0 Å². The number of nitrogens with zero attached hydrogens (tertiary/aromatic N) is 2. The second kappa shape index (κ2) is 12.3. The molecule has 1 N–H and O–H groups in total. The van der Waals surface area contributed by atoms with Crippen LogP contribution in [0.3, 0.4) is 0 Å². The molecule has 0 spiro atoms. The summed E-state index contributed by atoms with van der Waals surface area (Å²) in [7, 11) is 4.24. The lowest BCUT2D eigenvalue weighted by atomic mass is 9.67. The smallest absolute Gasteiger partial charge is 0.234 e. The van der Waals surface area contributed by atoms with Gasteiger partial charge in [-0.25, -0.2) is 0 Å². The molecule has 168 valence electrons. The molecule has 0 aromatic heterocycles. The number of carbonyl (C=O) groups excluding carboxylic acids is 1. The quantitative estimate of drug-likeness (QED) is 0.564. The third-order valence-corrected chi connectivity index (χ3v) is 6.30. The lowest BCUT2D eigenvalue weighted by Crippen LogP contribution is -2.48. The van der Waals surface area contributed by atoms with Crippen molar-refractivity contribution < 1.29 is 4.79 Å². The number of likely N-dealkylation sites (N-methyl/N-ethyl adjacent to an activating group) is 1. The summed E-state index contributed by atoms with van der Waals surface area (Å²) < 4.78 is 0. The van der Waals surface area contributed by atoms with Crippen LogP contribution in [0.25, 0.3) is 10.8 Å². The molecule has 1 atom stereocenters. The zero-order valence-electron chi connectivity index (χ0n) is 19.6. The Bertz CT molecular complexity index is 784. The predicted octanol–water partition coefficient (Wildman–Crippen LogP) is 4.57. The third-order valence-electron chi connectivity index (χ3n) is 6.30. The maximum atomic E-state index is 12.7. The molecule has 4 nitrogen and oxygen atoms in total. The van der Waals surface area contributed by atoms with E-state index in [1.54, 1.807) is 0 Å². The van der Waals surface area contributed by atoms with Crippen molar-refractivity contribution in [1.29, 1.82) is 0 Å². The minimum Gasteiger partial charge on any atom is -0.354 e. The Morgan fingerprint density at radius 2 is 1.67 bits per heavy atom. The van der Waals surface area contributed by atoms with E-state index in [1.807, 2.05) is 0 Å². The van der Waals surface area contributed by atoms with Crippen LogP contribution in [0.1, 0.15) is 39.7 Å². The average Bonchev–Trinajstić information content (AvgIpc) is 2.71. The van der Waals surface area contributed by atoms with Crippen molar-refractivity contribution in [3.05, 3.63) is 48.0 Å². The van der Waals surface area contributed by atoms with Crippen LogP contribution in [-0.4, -0.2) is 62.5 Å². The second-order valence-corrected chi connectivity index (χ2v) is 8.63. The molecule has 0 saturated carbocycles. The molecule has 0 radical (unpaired) electrons. The first kappa shape index (κ1) is 26.4. The van der Waals surface area contributed by atoms with Crippen molar-refractivity contribution in [3.8, 4) is 0 Å². The van der Waals surface area contributed by atoms with E-state index in [0.717, 1.165) is 26.1 Å². The number of benzene rings is 2. The van der Waals surface area contributed by atoms with Crippen LogP contribution in [-0.2, 0) is 10.2 Å². The Kier molecular flexibility index (Phi) is 10.8. The molecule has 0 fully saturated rings. The molecule has 0 saturated heterocycles. The van der Waals surface area contributed by atoms with Crippen LogP contribution in [0.15, 0.2) is 42.5 Å². The first-order valence-corrected chi connectivity index (χ1v) is 11.0. The fourth-order valence-corrected chi connectivity index (χ4v) is 4.17. The number of amides is 1. The van der Waals surface area contributed by atoms with Gasteiger partial charge in [0.1, 0.15) is 0 Å². The molecule has 0 bridgehead atoms. The molecule has 1 amide bonds. The Balaban J connectivity index is 0.00000450. The third kappa shape index (κ3) is 6.44. The van der Waals surface area contributed by atoms with Crippen LogP contribution in [0.5, 0.6) is 0 Å². The summed E-state index contributed by atoms with van der Waals surface area (Å²) in [6.07, 6.45) is 0.997. The summed E-state index contributed by atoms with van der Waals surface area (Å²) in [5.74, 6) is 0.505. The monoisotopic (exact) mass is 433 g/mol. The van der Waals surface area contributed by atoms with E-state index in [9.17, 15) is 4.79 Å². The summed E-state index contributed by atoms with van der Waals surface area (Å²) in [6.45, 7) is 12.7. The van der Waals surface area contributed by atoms with Gasteiger partial charge >= 0.3 is 0 Å². The van der Waals surface area contributed by atoms with Crippen LogP contribution >= 0.6 is 12.4 Å². The average molecular weight is 434 g/mol. The number of rotatable bonds is 11. The van der Waals surface area contributed by atoms with Crippen molar-refractivity contribution in [2.24, 2.45) is 5.92 Å². The number of nitrogens with one attached hydrogen (secondary N) is 1. The number of carbonyl (C=O) groups is 1. The molecule has 0 heterocycles. The van der Waals surface area contributed by atoms with Gasteiger partial charge in [0, 0.05) is 12.0 Å². The predicted molar refractivity (Wildman–Crippen MR) is 132 cm³/mol. The topological polar surface area (TPSA) is 35.6 Å². The zero-order chi connectivity index (χ0) is 21.4. The van der Waals surface area contributed by atoms with Gasteiger partial charge in [-0.1, -0.05) is 70.2 Å². The molecular formula is C25H40ClN3O. The minimum atomic E-state index is -0.121. The zero-order valence-corrected chi connectivity index (χ0v) is 20.4. The summed E-state index contributed by atoms with van der Waals surface area (Å²) in [5.41, 5.74) is 1.22. The summed E-state index contributed by atoms with van der Waals surface area (Å²) in [5, 5.41) is 5.84. The molecule has 2 aromatic rings. The molecule has 0 aliphatic carbocycles. The maximum absolute atomic E-state index is 12.7. The Morgan fingerprint density at radius 1 is 1.03 bits per heavy atom. The first-order valence-electron chi connectivity index (χ1n) is 11.0. The van der Waals surface area contributed by atoms with Crippen molar-refractivity contribution in [1.82, 2.24) is 15.1 Å². The normalized spacial score (nSPS) is 13.5. The first-order chi connectivity index (χ1) is 13.8. The molecule has 0 aliphatic rings. The van der Waals surface area contributed by atoms with Crippen LogP contribution in [0.2, 0.25) is 0 Å². The Labute approximate surface area is 189 Å². The van der Waals surface area contributed by atoms with E-state index in [1.165, 1.54) is 16.3 Å². The van der Waals surface area contributed by atoms with E-state index in [0.29, 0.717) is 19.0 Å². The number of hydrogen-bond donors (Lipinski definition) is 1. The highest BCUT2D eigenvalue weighted by Crippen LogP contribution is 2.39. The van der Waals surface area contributed by atoms with Crippen LogP contribution in [0.4, 0.5) is 0 Å². The van der Waals surface area contributed by atoms with E-state index < -0.39 is 0 Å². The largest absolute Gasteiger partial charge is 0.354 e. The highest BCUT2D eigenvalue weighted by atomic mass is 35.5. The van der Waals surface area contributed by atoms with E-state index in [2.05, 4.69) is 99.4 Å². The van der Waals surface area contributed by atoms with Gasteiger partial charge in [0.05, 0.1) is 6.54 Å². The number of hydrogen-bond acceptors (Lipinski definition) is 3. The van der Waals surface area contributed by atoms with E-state index in [-0.39, 0.29) is 23.7 Å². The van der Waals surface area contributed by atoms with Gasteiger partial charge in [0.15, 0.2) is 0 Å². The molecular weight excluding hydrogens is 394 g/mol. The fraction of sp³-hybridized carbons (Fsp3) is 0.560. The maximum Gasteiger partial charge on any atom is 0.234 e. The van der Waals surface area contributed by atoms with Gasteiger partial charge in [0.2, 0.25) is 5.91 Å². The molecule has 5 heteroatoms. The van der Waals surface area contributed by atoms with Gasteiger partial charge in [-0.3, -0.25) is 9.69 Å². The Morgan fingerprint density at radius 3 is 2.27 bits per heavy atom. The molecule has 1 unspecified atom stereocenters. The lowest BCUT2D eigenvalue weighted by Gasteiger charge is -2.40. The van der Waals surface area contributed by atoms with E-state index >= 15 is 0 Å². The molecule has 2 rings (SSSR count). The number of fused-ring (bicyclic) bond motifs is 1. The molecule has 0 aliphatic heterocycles. The SMILES string of the molecule is CCN(CC)CC(=O)NCC(CCN(C)C)(c1cccc2ccccc12)C(C)C.Cl. The van der Waals surface area contributed by atoms with Crippen molar-refractivity contribution in [3.63, 3.8) is 0 Å². The van der Waals surface area contributed by atoms with Crippen LogP contribution < -0.4 is 5.32 Å². The second-order valence-electron chi connectivity index (χ2n) is 8.63. The summed E-state index contributed by atoms with van der Waals surface area (Å²) in [4.78, 5) is 17.1. The van der Waals surface area contributed by atoms with Crippen molar-refractivity contribution in [2.45, 2.75) is 39.5 Å². The summed E-state index contributed by atoms with van der Waals surface area (Å²) >= 11 is 0. The van der Waals surface area contributed by atoms with Gasteiger partial charge in [-0.05, 0) is 62.4 Å². The number of halogens is 1. The standard InChI is InChI=1S/C25H39N3O.ClH/c1-7-28(8-2)18-24(29)26-19-25(20(3)4,16-17-27(5)6)23-15-11-13-21-12-9-10-14-22(21)23;/h9-15,20H,7-8,16-19H2,1-6H3,(H,26,29);1H. The summed E-state index contributed by atoms with van der Waals surface area (Å²) in [6, 6.07) is 15.2. The fourth-order valence-electron chi connectivity index (χ4n) is 4.17. The van der Waals surface area contributed by atoms with Gasteiger partial charge in [0.25, 0.3) is 0 Å². The van der Waals surface area contributed by atoms with Gasteiger partial charge < -0.3 is 10.2 Å². The molecule has 30 heavy (non-hydrogen) atoms. The Hall–Kier alpha value is -1.62. The highest BCUT2D eigenvalue weighted by molar-refractivity contribution is 5.87. The lowest BCUT2D eigenvalue weighted by molar-refractivity contribution is -0.122. The van der Waals surface area contributed by atoms with Crippen molar-refractivity contribution >= 4 is 29.1 Å². The van der Waals surface area contributed by atoms with Gasteiger partial charge in [-0.15, -0.1) is 12.4 Å². The minimum absolute atomic E-state index is 0. The van der Waals surface area contributed by atoms with Crippen molar-refractivity contribution in [2.75, 3.05) is 46.8 Å². The highest BCUT2D eigenvalue weighted by Gasteiger charge is 2.37. The van der Waals surface area contributed by atoms with Crippen LogP contribution in [0, 0.1) is 5.92 Å².